The molecule has 0 aliphatic rings. The maximum absolute atomic E-state index is 2.32. The average Bonchev–Trinajstić information content (AvgIpc) is 2.96. The molecule has 0 bridgehead atoms. The third kappa shape index (κ3) is 4.56. The van der Waals surface area contributed by atoms with Crippen LogP contribution in [0.4, 0.5) is 0 Å². The first kappa shape index (κ1) is 14.9. The molecule has 0 atom stereocenters. The van der Waals surface area contributed by atoms with Crippen molar-refractivity contribution in [3.8, 4) is 5.69 Å². The second-order valence-corrected chi connectivity index (χ2v) is 5.58. The number of hydrogen-bond acceptors (Lipinski definition) is 0. The fourth-order valence-corrected chi connectivity index (χ4v) is 2.72. The predicted octanol–water partition coefficient (Wildman–Crippen LogP) is 5.77. The lowest BCUT2D eigenvalue weighted by molar-refractivity contribution is 0.586. The molecule has 1 heteroatoms. The van der Waals surface area contributed by atoms with Gasteiger partial charge in [-0.3, -0.25) is 0 Å². The van der Waals surface area contributed by atoms with Gasteiger partial charge in [0.25, 0.3) is 0 Å². The normalized spacial score (nSPS) is 10.8. The van der Waals surface area contributed by atoms with Crippen molar-refractivity contribution in [2.75, 3.05) is 0 Å². The van der Waals surface area contributed by atoms with Gasteiger partial charge in [-0.2, -0.15) is 0 Å². The zero-order valence-corrected chi connectivity index (χ0v) is 12.7. The predicted molar refractivity (Wildman–Crippen MR) is 87.5 cm³/mol. The summed E-state index contributed by atoms with van der Waals surface area (Å²) in [7, 11) is 0. The minimum Gasteiger partial charge on any atom is -0.321 e. The van der Waals surface area contributed by atoms with Gasteiger partial charge in [-0.15, -0.1) is 0 Å². The summed E-state index contributed by atoms with van der Waals surface area (Å²) < 4.78 is 2.32. The molecule has 20 heavy (non-hydrogen) atoms. The quantitative estimate of drug-likeness (QED) is 0.509. The summed E-state index contributed by atoms with van der Waals surface area (Å²) in [5, 5.41) is 0. The zero-order chi connectivity index (χ0) is 14.0. The van der Waals surface area contributed by atoms with Gasteiger partial charge in [-0.25, -0.2) is 0 Å². The summed E-state index contributed by atoms with van der Waals surface area (Å²) >= 11 is 0. The molecule has 108 valence electrons. The first-order chi connectivity index (χ1) is 9.92. The summed E-state index contributed by atoms with van der Waals surface area (Å²) in [6.45, 7) is 2.28. The minimum atomic E-state index is 1.19. The van der Waals surface area contributed by atoms with Crippen LogP contribution < -0.4 is 0 Å². The molecule has 1 heterocycles. The lowest BCUT2D eigenvalue weighted by atomic mass is 10.1. The maximum Gasteiger partial charge on any atom is 0.0452 e. The largest absolute Gasteiger partial charge is 0.321 e. The highest BCUT2D eigenvalue weighted by Crippen LogP contribution is 2.15. The highest BCUT2D eigenvalue weighted by Gasteiger charge is 2.02. The average molecular weight is 269 g/mol. The number of para-hydroxylation sites is 1. The van der Waals surface area contributed by atoms with E-state index >= 15 is 0 Å². The molecule has 0 saturated heterocycles. The molecule has 0 amide bonds. The van der Waals surface area contributed by atoms with E-state index in [9.17, 15) is 0 Å². The van der Waals surface area contributed by atoms with Crippen LogP contribution in [0.3, 0.4) is 0 Å². The monoisotopic (exact) mass is 269 g/mol. The maximum atomic E-state index is 2.32. The van der Waals surface area contributed by atoms with Crippen molar-refractivity contribution in [3.05, 3.63) is 54.4 Å². The summed E-state index contributed by atoms with van der Waals surface area (Å²) in [6.07, 6.45) is 13.0. The lowest BCUT2D eigenvalue weighted by Crippen LogP contribution is -1.98. The van der Waals surface area contributed by atoms with Gasteiger partial charge in [0, 0.05) is 17.6 Å². The molecule has 2 rings (SSSR count). The van der Waals surface area contributed by atoms with E-state index in [1.54, 1.807) is 0 Å². The Balaban J connectivity index is 1.76. The Bertz CT molecular complexity index is 470. The Kier molecular flexibility index (Phi) is 6.43. The molecule has 0 unspecified atom stereocenters. The van der Waals surface area contributed by atoms with Crippen LogP contribution in [0.2, 0.25) is 0 Å². The number of rotatable bonds is 9. The van der Waals surface area contributed by atoms with E-state index in [1.165, 1.54) is 62.7 Å². The second-order valence-electron chi connectivity index (χ2n) is 5.58. The Morgan fingerprint density at radius 1 is 0.750 bits per heavy atom. The van der Waals surface area contributed by atoms with Gasteiger partial charge in [0.05, 0.1) is 0 Å². The molecule has 0 aliphatic heterocycles. The zero-order valence-electron chi connectivity index (χ0n) is 12.7. The van der Waals surface area contributed by atoms with Crippen molar-refractivity contribution in [3.63, 3.8) is 0 Å². The van der Waals surface area contributed by atoms with Gasteiger partial charge in [-0.1, -0.05) is 63.6 Å². The van der Waals surface area contributed by atoms with Gasteiger partial charge in [0.2, 0.25) is 0 Å². The van der Waals surface area contributed by atoms with E-state index < -0.39 is 0 Å². The summed E-state index contributed by atoms with van der Waals surface area (Å²) in [5.41, 5.74) is 2.71. The molecule has 1 aromatic carbocycles. The fraction of sp³-hybridized carbons (Fsp3) is 0.474. The highest BCUT2D eigenvalue weighted by molar-refractivity contribution is 5.34. The van der Waals surface area contributed by atoms with Crippen molar-refractivity contribution in [2.45, 2.75) is 58.3 Å². The van der Waals surface area contributed by atoms with E-state index in [1.807, 2.05) is 0 Å². The van der Waals surface area contributed by atoms with E-state index in [0.717, 1.165) is 0 Å². The van der Waals surface area contributed by atoms with Crippen LogP contribution in [-0.4, -0.2) is 4.57 Å². The van der Waals surface area contributed by atoms with Crippen molar-refractivity contribution in [1.29, 1.82) is 0 Å². The number of unbranched alkanes of at least 4 members (excludes halogenated alkanes) is 6. The molecule has 0 aliphatic carbocycles. The molecule has 1 aromatic heterocycles. The fourth-order valence-electron chi connectivity index (χ4n) is 2.72. The number of nitrogens with zero attached hydrogens (tertiary/aromatic N) is 1. The highest BCUT2D eigenvalue weighted by atomic mass is 15.0. The molecule has 0 fully saturated rings. The molecule has 0 radical (unpaired) electrons. The first-order valence-corrected chi connectivity index (χ1v) is 8.13. The number of hydrogen-bond donors (Lipinski definition) is 0. The molecule has 0 N–H and O–H groups in total. The first-order valence-electron chi connectivity index (χ1n) is 8.13. The number of aryl methyl sites for hydroxylation is 1. The molecular formula is C19H27N. The molecule has 0 spiro atoms. The van der Waals surface area contributed by atoms with Gasteiger partial charge < -0.3 is 4.57 Å². The van der Waals surface area contributed by atoms with Crippen LogP contribution in [0.25, 0.3) is 5.69 Å². The standard InChI is InChI=1S/C19H27N/c1-2-3-4-5-6-7-9-13-19-16-12-17-20(19)18-14-10-8-11-15-18/h8,10-12,14-17H,2-7,9,13H2,1H3. The number of benzene rings is 1. The van der Waals surface area contributed by atoms with Crippen LogP contribution in [-0.2, 0) is 6.42 Å². The lowest BCUT2D eigenvalue weighted by Gasteiger charge is -2.09. The molecule has 2 aromatic rings. The third-order valence-corrected chi connectivity index (χ3v) is 3.90. The van der Waals surface area contributed by atoms with Gasteiger partial charge >= 0.3 is 0 Å². The minimum absolute atomic E-state index is 1.19. The summed E-state index contributed by atoms with van der Waals surface area (Å²) in [5.74, 6) is 0. The molecule has 1 nitrogen and oxygen atoms in total. The van der Waals surface area contributed by atoms with Crippen molar-refractivity contribution in [1.82, 2.24) is 4.57 Å². The summed E-state index contributed by atoms with van der Waals surface area (Å²) in [6, 6.07) is 15.0. The second kappa shape index (κ2) is 8.63. The van der Waals surface area contributed by atoms with Crippen LogP contribution in [0.5, 0.6) is 0 Å². The molecule has 0 saturated carbocycles. The van der Waals surface area contributed by atoms with E-state index in [0.29, 0.717) is 0 Å². The smallest absolute Gasteiger partial charge is 0.0452 e. The van der Waals surface area contributed by atoms with Crippen molar-refractivity contribution < 1.29 is 0 Å². The van der Waals surface area contributed by atoms with Crippen LogP contribution in [0.15, 0.2) is 48.7 Å². The molecular weight excluding hydrogens is 242 g/mol. The topological polar surface area (TPSA) is 4.93 Å². The van der Waals surface area contributed by atoms with Crippen LogP contribution >= 0.6 is 0 Å². The van der Waals surface area contributed by atoms with E-state index in [4.69, 9.17) is 0 Å². The van der Waals surface area contributed by atoms with Crippen LogP contribution in [0, 0.1) is 0 Å². The van der Waals surface area contributed by atoms with Crippen molar-refractivity contribution >= 4 is 0 Å². The Labute approximate surface area is 123 Å². The Morgan fingerprint density at radius 3 is 2.20 bits per heavy atom. The van der Waals surface area contributed by atoms with Crippen molar-refractivity contribution in [2.24, 2.45) is 0 Å². The van der Waals surface area contributed by atoms with Gasteiger partial charge in [0.15, 0.2) is 0 Å². The van der Waals surface area contributed by atoms with Gasteiger partial charge in [-0.05, 0) is 37.1 Å². The third-order valence-electron chi connectivity index (χ3n) is 3.90. The Hall–Kier alpha value is -1.50. The Morgan fingerprint density at radius 2 is 1.45 bits per heavy atom. The van der Waals surface area contributed by atoms with Gasteiger partial charge in [0.1, 0.15) is 0 Å². The van der Waals surface area contributed by atoms with Crippen LogP contribution in [0.1, 0.15) is 57.6 Å². The van der Waals surface area contributed by atoms with E-state index in [2.05, 4.69) is 60.2 Å². The van der Waals surface area contributed by atoms with E-state index in [-0.39, 0.29) is 0 Å². The SMILES string of the molecule is CCCCCCCCCc1cccn1-c1ccccc1. The number of aromatic nitrogens is 1. The summed E-state index contributed by atoms with van der Waals surface area (Å²) in [4.78, 5) is 0.